The third-order valence-corrected chi connectivity index (χ3v) is 13.4. The lowest BCUT2D eigenvalue weighted by Crippen LogP contribution is -2.63. The zero-order valence-electron chi connectivity index (χ0n) is 44.9. The summed E-state index contributed by atoms with van der Waals surface area (Å²) in [5.41, 5.74) is 23.0. The monoisotopic (exact) mass is 1080 g/mol. The minimum atomic E-state index is -1.75. The van der Waals surface area contributed by atoms with Crippen LogP contribution in [-0.2, 0) is 59.2 Å². The van der Waals surface area contributed by atoms with Gasteiger partial charge in [0.05, 0.1) is 12.6 Å². The van der Waals surface area contributed by atoms with Crippen LogP contribution in [0.15, 0.2) is 35.5 Å². The number of aromatic nitrogens is 1. The Bertz CT molecular complexity index is 2460. The van der Waals surface area contributed by atoms with Crippen molar-refractivity contribution < 1.29 is 57.8 Å². The van der Waals surface area contributed by atoms with Gasteiger partial charge >= 0.3 is 0 Å². The van der Waals surface area contributed by atoms with Crippen LogP contribution in [0.1, 0.15) is 105 Å². The molecule has 1 aliphatic rings. The maximum absolute atomic E-state index is 14.7. The highest BCUT2D eigenvalue weighted by Gasteiger charge is 2.41. The molecule has 426 valence electrons. The molecule has 2 aromatic rings. The highest BCUT2D eigenvalue weighted by Crippen LogP contribution is 2.22. The maximum atomic E-state index is 14.7. The van der Waals surface area contributed by atoms with Crippen molar-refractivity contribution in [2.24, 2.45) is 39.8 Å². The van der Waals surface area contributed by atoms with Crippen LogP contribution in [0.5, 0.6) is 0 Å². The first-order valence-corrected chi connectivity index (χ1v) is 25.8. The lowest BCUT2D eigenvalue weighted by molar-refractivity contribution is -0.142. The van der Waals surface area contributed by atoms with Crippen molar-refractivity contribution in [3.8, 4) is 0 Å². The number of rotatable bonds is 31. The number of carbonyl (C=O) groups excluding carboxylic acids is 11. The molecule has 27 nitrogen and oxygen atoms in total. The second-order valence-electron chi connectivity index (χ2n) is 19.5. The molecule has 0 unspecified atom stereocenters. The van der Waals surface area contributed by atoms with Crippen molar-refractivity contribution in [2.45, 2.75) is 161 Å². The molecule has 1 aliphatic heterocycles. The van der Waals surface area contributed by atoms with E-state index < -0.39 is 138 Å². The minimum absolute atomic E-state index is 0.00466. The lowest BCUT2D eigenvalue weighted by Gasteiger charge is -2.32. The van der Waals surface area contributed by atoms with E-state index in [1.54, 1.807) is 58.2 Å². The van der Waals surface area contributed by atoms with Crippen LogP contribution in [-0.4, -0.2) is 160 Å². The van der Waals surface area contributed by atoms with E-state index in [1.165, 1.54) is 25.7 Å². The van der Waals surface area contributed by atoms with E-state index >= 15 is 0 Å². The molecule has 2 heterocycles. The Labute approximate surface area is 447 Å². The number of aliphatic hydroxyl groups excluding tert-OH is 1. The highest BCUT2D eigenvalue weighted by atomic mass is 16.3. The van der Waals surface area contributed by atoms with Crippen molar-refractivity contribution in [1.82, 2.24) is 52.4 Å². The number of para-hydroxylation sites is 1. The van der Waals surface area contributed by atoms with Crippen LogP contribution in [0.2, 0.25) is 0 Å². The first-order valence-electron chi connectivity index (χ1n) is 25.8. The highest BCUT2D eigenvalue weighted by molar-refractivity contribution is 5.99. The molecule has 11 amide bonds. The molecular weight excluding hydrogens is 1000 g/mol. The number of guanidine groups is 1. The summed E-state index contributed by atoms with van der Waals surface area (Å²) >= 11 is 0. The first-order chi connectivity index (χ1) is 36.3. The topological polar surface area (TPSA) is 440 Å². The van der Waals surface area contributed by atoms with Crippen LogP contribution in [0.4, 0.5) is 0 Å². The van der Waals surface area contributed by atoms with Crippen LogP contribution in [0, 0.1) is 11.8 Å². The summed E-state index contributed by atoms with van der Waals surface area (Å²) in [6.45, 7) is 10.4. The number of likely N-dealkylation sites (tertiary alicyclic amines) is 1. The predicted octanol–water partition coefficient (Wildman–Crippen LogP) is -3.47. The number of nitrogens with zero attached hydrogens (tertiary/aromatic N) is 2. The Morgan fingerprint density at radius 3 is 1.87 bits per heavy atom. The number of aliphatic hydroxyl groups is 1. The van der Waals surface area contributed by atoms with Crippen molar-refractivity contribution in [3.05, 3.63) is 36.0 Å². The van der Waals surface area contributed by atoms with Crippen LogP contribution >= 0.6 is 0 Å². The number of benzene rings is 1. The molecule has 3 rings (SSSR count). The second-order valence-corrected chi connectivity index (χ2v) is 19.5. The molecule has 1 saturated heterocycles. The van der Waals surface area contributed by atoms with Crippen LogP contribution < -0.4 is 65.5 Å². The van der Waals surface area contributed by atoms with Gasteiger partial charge in [-0.1, -0.05) is 58.7 Å². The van der Waals surface area contributed by atoms with Gasteiger partial charge < -0.3 is 80.5 Å². The molecule has 0 spiro atoms. The number of primary amides is 2. The number of nitrogens with one attached hydrogen (secondary N) is 9. The molecule has 27 heteroatoms. The van der Waals surface area contributed by atoms with Gasteiger partial charge in [0, 0.05) is 50.0 Å². The van der Waals surface area contributed by atoms with E-state index in [1.807, 2.05) is 0 Å². The van der Waals surface area contributed by atoms with Gasteiger partial charge in [-0.25, -0.2) is 0 Å². The molecule has 18 N–H and O–H groups in total. The molecule has 0 saturated carbocycles. The Hall–Kier alpha value is -7.84. The number of hydrogen-bond donors (Lipinski definition) is 14. The molecule has 1 fully saturated rings. The van der Waals surface area contributed by atoms with Crippen molar-refractivity contribution in [2.75, 3.05) is 19.6 Å². The SMILES string of the molecule is CC[C@H](C)[C@H](NC(=O)[C@H](Cc1c[nH]c2ccccc12)NC(=O)[C@@H](NC(=O)[C@H](NC(=O)[C@H](CCC(N)=O)NC(=O)CNC(C)=O)[C@@H](C)CC)[C@@H](C)O)C(=O)N[C@@H](CCCN=C(N)N)C(=O)N1CCC[C@H]1C(=O)N[C@H](C)C(N)=O. The number of hydrogen-bond acceptors (Lipinski definition) is 13. The number of aromatic amines is 1. The van der Waals surface area contributed by atoms with Gasteiger partial charge in [0.25, 0.3) is 0 Å². The number of H-pyrrole nitrogens is 1. The third kappa shape index (κ3) is 19.7. The van der Waals surface area contributed by atoms with E-state index in [4.69, 9.17) is 22.9 Å². The van der Waals surface area contributed by atoms with Crippen LogP contribution in [0.25, 0.3) is 10.9 Å². The number of carbonyl (C=O) groups is 11. The summed E-state index contributed by atoms with van der Waals surface area (Å²) in [5, 5.41) is 32.3. The van der Waals surface area contributed by atoms with E-state index in [0.717, 1.165) is 0 Å². The van der Waals surface area contributed by atoms with E-state index in [2.05, 4.69) is 52.5 Å². The lowest BCUT2D eigenvalue weighted by atomic mass is 9.96. The predicted molar refractivity (Wildman–Crippen MR) is 283 cm³/mol. The van der Waals surface area contributed by atoms with Gasteiger partial charge in [0.15, 0.2) is 5.96 Å². The fraction of sp³-hybridized carbons (Fsp3) is 0.600. The van der Waals surface area contributed by atoms with Gasteiger partial charge in [0.1, 0.15) is 48.3 Å². The molecule has 1 aromatic heterocycles. The third-order valence-electron chi connectivity index (χ3n) is 13.4. The minimum Gasteiger partial charge on any atom is -0.391 e. The summed E-state index contributed by atoms with van der Waals surface area (Å²) in [4.78, 5) is 155. The summed E-state index contributed by atoms with van der Waals surface area (Å²) in [7, 11) is 0. The summed E-state index contributed by atoms with van der Waals surface area (Å²) in [6, 6.07) is -3.43. The Morgan fingerprint density at radius 1 is 0.727 bits per heavy atom. The van der Waals surface area contributed by atoms with Crippen molar-refractivity contribution in [1.29, 1.82) is 0 Å². The average molecular weight is 1080 g/mol. The van der Waals surface area contributed by atoms with Gasteiger partial charge in [0.2, 0.25) is 65.0 Å². The molecule has 1 aromatic carbocycles. The molecular formula is C50H79N15O12. The standard InChI is InChI=1S/C50H79N15O12/c1-8-25(3)39(46(74)60-34(16-12-20-55-50(53)54)49(77)65-21-13-17-36(65)45(73)58-27(5)42(52)70)63-44(72)35(22-30-23-57-32-15-11-10-14-31(30)32)61-48(76)41(28(6)66)64-47(75)40(26(4)9-2)62-43(71)33(18-19-37(51)68)59-38(69)24-56-29(7)67/h10-11,14-15,23,25-28,33-36,39-41,57,66H,8-9,12-13,16-22,24H2,1-7H3,(H2,51,68)(H2,52,70)(H,56,67)(H,58,73)(H,59,69)(H,60,74)(H,61,76)(H,62,71)(H,63,72)(H,64,75)(H4,53,54,55)/t25-,26-,27+,28+,33-,34-,35-,36-,39-,40+,41-/m0/s1. The van der Waals surface area contributed by atoms with E-state index in [-0.39, 0.29) is 57.6 Å². The Kier molecular flexibility index (Phi) is 25.3. The maximum Gasteiger partial charge on any atom is 0.245 e. The molecule has 0 bridgehead atoms. The second kappa shape index (κ2) is 30.6. The summed E-state index contributed by atoms with van der Waals surface area (Å²) in [6.07, 6.45) is 0.834. The number of fused-ring (bicyclic) bond motifs is 1. The normalized spacial score (nSPS) is 17.0. The van der Waals surface area contributed by atoms with E-state index in [0.29, 0.717) is 35.7 Å². The van der Waals surface area contributed by atoms with Crippen LogP contribution in [0.3, 0.4) is 0 Å². The summed E-state index contributed by atoms with van der Waals surface area (Å²) < 4.78 is 0. The molecule has 0 radical (unpaired) electrons. The Balaban J connectivity index is 1.98. The quantitative estimate of drug-likeness (QED) is 0.0198. The zero-order valence-corrected chi connectivity index (χ0v) is 44.9. The van der Waals surface area contributed by atoms with Gasteiger partial charge in [-0.2, -0.15) is 0 Å². The number of aliphatic imine (C=N–C) groups is 1. The Morgan fingerprint density at radius 2 is 1.30 bits per heavy atom. The molecule has 11 atom stereocenters. The fourth-order valence-corrected chi connectivity index (χ4v) is 8.46. The molecule has 77 heavy (non-hydrogen) atoms. The van der Waals surface area contributed by atoms with Crippen molar-refractivity contribution >= 4 is 81.8 Å². The van der Waals surface area contributed by atoms with E-state index in [9.17, 15) is 57.8 Å². The smallest absolute Gasteiger partial charge is 0.245 e. The number of nitrogens with two attached hydrogens (primary N) is 4. The largest absolute Gasteiger partial charge is 0.391 e. The zero-order chi connectivity index (χ0) is 57.7. The number of amides is 11. The summed E-state index contributed by atoms with van der Waals surface area (Å²) in [5.74, 6) is -9.94. The van der Waals surface area contributed by atoms with Gasteiger partial charge in [-0.3, -0.25) is 57.7 Å². The van der Waals surface area contributed by atoms with Crippen molar-refractivity contribution in [3.63, 3.8) is 0 Å². The fourth-order valence-electron chi connectivity index (χ4n) is 8.46. The first kappa shape index (κ1) is 63.5. The van der Waals surface area contributed by atoms with Gasteiger partial charge in [-0.15, -0.1) is 0 Å². The van der Waals surface area contributed by atoms with Gasteiger partial charge in [-0.05, 0) is 69.4 Å². The average Bonchev–Trinajstić information content (AvgIpc) is 4.04. The molecule has 0 aliphatic carbocycles.